The minimum atomic E-state index is 0.886. The maximum atomic E-state index is 6.27. The summed E-state index contributed by atoms with van der Waals surface area (Å²) in [7, 11) is 0. The summed E-state index contributed by atoms with van der Waals surface area (Å²) in [5.74, 6) is 0. The lowest BCUT2D eigenvalue weighted by molar-refractivity contribution is 0.669. The van der Waals surface area contributed by atoms with Crippen molar-refractivity contribution in [1.82, 2.24) is 0 Å². The molecule has 9 aromatic rings. The van der Waals surface area contributed by atoms with Crippen LogP contribution in [-0.4, -0.2) is 0 Å². The quantitative estimate of drug-likeness (QED) is 0.199. The van der Waals surface area contributed by atoms with E-state index in [0.29, 0.717) is 0 Å². The van der Waals surface area contributed by atoms with Crippen LogP contribution < -0.4 is 4.90 Å². The van der Waals surface area contributed by atoms with E-state index in [-0.39, 0.29) is 0 Å². The van der Waals surface area contributed by atoms with Crippen LogP contribution in [0.1, 0.15) is 0 Å². The van der Waals surface area contributed by atoms with Gasteiger partial charge in [-0.1, -0.05) is 121 Å². The Labute approximate surface area is 255 Å². The maximum Gasteiger partial charge on any atom is 0.137 e. The van der Waals surface area contributed by atoms with E-state index in [1.807, 2.05) is 12.1 Å². The Bertz CT molecular complexity index is 2490. The van der Waals surface area contributed by atoms with E-state index >= 15 is 0 Å². The van der Waals surface area contributed by atoms with Crippen molar-refractivity contribution in [3.63, 3.8) is 0 Å². The van der Waals surface area contributed by atoms with Crippen LogP contribution in [0.2, 0.25) is 0 Å². The molecule has 0 aliphatic heterocycles. The van der Waals surface area contributed by atoms with Gasteiger partial charge in [-0.15, -0.1) is 0 Å². The highest BCUT2D eigenvalue weighted by Gasteiger charge is 2.19. The lowest BCUT2D eigenvalue weighted by Crippen LogP contribution is -2.10. The third kappa shape index (κ3) is 3.82. The van der Waals surface area contributed by atoms with E-state index in [9.17, 15) is 0 Å². The SMILES string of the molecule is c1ccc(N(c2ccc(-c3cccc4ccc5c6ccccc6ccc5c34)cc2)c2cccc3oc4ccccc4c23)cc1. The molecule has 2 nitrogen and oxygen atoms in total. The molecular weight excluding hydrogens is 534 g/mol. The van der Waals surface area contributed by atoms with Crippen molar-refractivity contribution < 1.29 is 4.42 Å². The van der Waals surface area contributed by atoms with E-state index in [1.165, 1.54) is 43.4 Å². The Morgan fingerprint density at radius 2 is 1.02 bits per heavy atom. The molecule has 0 N–H and O–H groups in total. The van der Waals surface area contributed by atoms with Crippen molar-refractivity contribution in [1.29, 1.82) is 0 Å². The average molecular weight is 562 g/mol. The van der Waals surface area contributed by atoms with Crippen molar-refractivity contribution >= 4 is 71.3 Å². The molecule has 44 heavy (non-hydrogen) atoms. The summed E-state index contributed by atoms with van der Waals surface area (Å²) in [5.41, 5.74) is 7.50. The number of furan rings is 1. The van der Waals surface area contributed by atoms with Gasteiger partial charge < -0.3 is 9.32 Å². The number of benzene rings is 8. The molecule has 0 amide bonds. The Morgan fingerprint density at radius 1 is 0.364 bits per heavy atom. The molecule has 9 rings (SSSR count). The zero-order valence-electron chi connectivity index (χ0n) is 23.9. The fourth-order valence-electron chi connectivity index (χ4n) is 6.85. The van der Waals surface area contributed by atoms with Crippen molar-refractivity contribution in [2.75, 3.05) is 4.90 Å². The Morgan fingerprint density at radius 3 is 1.91 bits per heavy atom. The molecule has 0 spiro atoms. The van der Waals surface area contributed by atoms with Crippen LogP contribution in [-0.2, 0) is 0 Å². The van der Waals surface area contributed by atoms with Gasteiger partial charge in [0.1, 0.15) is 11.2 Å². The first-order valence-corrected chi connectivity index (χ1v) is 15.0. The van der Waals surface area contributed by atoms with Crippen molar-refractivity contribution in [2.45, 2.75) is 0 Å². The third-order valence-electron chi connectivity index (χ3n) is 8.84. The molecule has 1 aromatic heterocycles. The van der Waals surface area contributed by atoms with E-state index in [2.05, 4.69) is 157 Å². The smallest absolute Gasteiger partial charge is 0.137 e. The minimum absolute atomic E-state index is 0.886. The molecule has 0 saturated carbocycles. The van der Waals surface area contributed by atoms with E-state index in [4.69, 9.17) is 4.42 Å². The molecule has 0 atom stereocenters. The molecule has 2 heteroatoms. The second kappa shape index (κ2) is 9.86. The summed E-state index contributed by atoms with van der Waals surface area (Å²) in [6.45, 7) is 0. The van der Waals surface area contributed by atoms with E-state index in [0.717, 1.165) is 39.0 Å². The molecule has 8 aromatic carbocycles. The third-order valence-corrected chi connectivity index (χ3v) is 8.84. The predicted molar refractivity (Wildman–Crippen MR) is 186 cm³/mol. The number of rotatable bonds is 4. The Balaban J connectivity index is 1.23. The largest absolute Gasteiger partial charge is 0.456 e. The number of hydrogen-bond donors (Lipinski definition) is 0. The number of para-hydroxylation sites is 2. The fraction of sp³-hybridized carbons (Fsp3) is 0. The number of nitrogens with zero attached hydrogens (tertiary/aromatic N) is 1. The van der Waals surface area contributed by atoms with E-state index in [1.54, 1.807) is 0 Å². The van der Waals surface area contributed by atoms with Crippen LogP contribution in [0.5, 0.6) is 0 Å². The molecule has 0 saturated heterocycles. The van der Waals surface area contributed by atoms with Crippen LogP contribution in [0.3, 0.4) is 0 Å². The molecule has 0 fully saturated rings. The van der Waals surface area contributed by atoms with Gasteiger partial charge >= 0.3 is 0 Å². The highest BCUT2D eigenvalue weighted by molar-refractivity contribution is 6.21. The van der Waals surface area contributed by atoms with Gasteiger partial charge in [0.25, 0.3) is 0 Å². The molecule has 0 bridgehead atoms. The summed E-state index contributed by atoms with van der Waals surface area (Å²) < 4.78 is 6.27. The van der Waals surface area contributed by atoms with Crippen LogP contribution in [0.25, 0.3) is 65.4 Å². The first kappa shape index (κ1) is 24.7. The fourth-order valence-corrected chi connectivity index (χ4v) is 6.85. The Kier molecular flexibility index (Phi) is 5.54. The minimum Gasteiger partial charge on any atom is -0.456 e. The molecule has 0 aliphatic rings. The normalized spacial score (nSPS) is 11.6. The summed E-state index contributed by atoms with van der Waals surface area (Å²) in [4.78, 5) is 2.33. The summed E-state index contributed by atoms with van der Waals surface area (Å²) in [5, 5.41) is 9.89. The molecular formula is C42H27NO. The van der Waals surface area contributed by atoms with Gasteiger partial charge in [-0.05, 0) is 85.9 Å². The molecule has 1 heterocycles. The van der Waals surface area contributed by atoms with Crippen molar-refractivity contribution in [3.05, 3.63) is 164 Å². The van der Waals surface area contributed by atoms with Gasteiger partial charge in [-0.25, -0.2) is 0 Å². The summed E-state index contributed by atoms with van der Waals surface area (Å²) in [6, 6.07) is 58.5. The van der Waals surface area contributed by atoms with Crippen molar-refractivity contribution in [3.8, 4) is 11.1 Å². The zero-order chi connectivity index (χ0) is 29.0. The van der Waals surface area contributed by atoms with Gasteiger partial charge in [0.15, 0.2) is 0 Å². The lowest BCUT2D eigenvalue weighted by atomic mass is 9.91. The number of anilines is 3. The van der Waals surface area contributed by atoms with Gasteiger partial charge in [0.2, 0.25) is 0 Å². The van der Waals surface area contributed by atoms with Gasteiger partial charge in [0.05, 0.1) is 11.1 Å². The highest BCUT2D eigenvalue weighted by atomic mass is 16.3. The topological polar surface area (TPSA) is 16.4 Å². The van der Waals surface area contributed by atoms with Gasteiger partial charge in [-0.2, -0.15) is 0 Å². The van der Waals surface area contributed by atoms with Gasteiger partial charge in [0, 0.05) is 16.8 Å². The molecule has 0 unspecified atom stereocenters. The number of fused-ring (bicyclic) bond motifs is 8. The highest BCUT2D eigenvalue weighted by Crippen LogP contribution is 2.44. The van der Waals surface area contributed by atoms with Crippen LogP contribution in [0.15, 0.2) is 168 Å². The van der Waals surface area contributed by atoms with Crippen LogP contribution >= 0.6 is 0 Å². The van der Waals surface area contributed by atoms with Crippen LogP contribution in [0.4, 0.5) is 17.1 Å². The molecule has 0 radical (unpaired) electrons. The zero-order valence-corrected chi connectivity index (χ0v) is 23.9. The second-order valence-electron chi connectivity index (χ2n) is 11.3. The van der Waals surface area contributed by atoms with E-state index < -0.39 is 0 Å². The monoisotopic (exact) mass is 561 g/mol. The lowest BCUT2D eigenvalue weighted by Gasteiger charge is -2.26. The van der Waals surface area contributed by atoms with Crippen molar-refractivity contribution in [2.24, 2.45) is 0 Å². The van der Waals surface area contributed by atoms with Gasteiger partial charge in [-0.3, -0.25) is 0 Å². The van der Waals surface area contributed by atoms with Crippen LogP contribution in [0, 0.1) is 0 Å². The Hall–Kier alpha value is -5.86. The first-order chi connectivity index (χ1) is 21.8. The first-order valence-electron chi connectivity index (χ1n) is 15.0. The molecule has 0 aliphatic carbocycles. The molecule has 206 valence electrons. The number of hydrogen-bond acceptors (Lipinski definition) is 2. The average Bonchev–Trinajstić information content (AvgIpc) is 3.48. The standard InChI is InChI=1S/C42H27NO/c1-2-12-31(13-3-1)43(38-17-9-19-40-42(38)37-15-6-7-18-39(37)44-40)32-24-20-29(21-25-32)34-16-8-11-30-23-26-35-33-14-5-4-10-28(33)22-27-36(35)41(30)34/h1-27H. The predicted octanol–water partition coefficient (Wildman–Crippen LogP) is 12.2. The summed E-state index contributed by atoms with van der Waals surface area (Å²) in [6.07, 6.45) is 0. The summed E-state index contributed by atoms with van der Waals surface area (Å²) >= 11 is 0. The second-order valence-corrected chi connectivity index (χ2v) is 11.3. The maximum absolute atomic E-state index is 6.27.